The van der Waals surface area contributed by atoms with Crippen molar-refractivity contribution in [2.45, 2.75) is 46.3 Å². The normalized spacial score (nSPS) is 11.8. The van der Waals surface area contributed by atoms with Crippen LogP contribution in [0.5, 0.6) is 0 Å². The summed E-state index contributed by atoms with van der Waals surface area (Å²) >= 11 is 6.32. The van der Waals surface area contributed by atoms with Gasteiger partial charge in [-0.2, -0.15) is 0 Å². The summed E-state index contributed by atoms with van der Waals surface area (Å²) in [6.45, 7) is 12.4. The lowest BCUT2D eigenvalue weighted by Gasteiger charge is -2.31. The monoisotopic (exact) mass is 485 g/mol. The van der Waals surface area contributed by atoms with Gasteiger partial charge in [0, 0.05) is 6.54 Å². The Morgan fingerprint density at radius 3 is 2.41 bits per heavy atom. The molecule has 0 radical (unpaired) electrons. The molecule has 34 heavy (non-hydrogen) atoms. The minimum atomic E-state index is -0.985. The molecule has 1 atom stereocenters. The first-order valence-electron chi connectivity index (χ1n) is 10.9. The number of nitrogens with one attached hydrogen (secondary N) is 2. The summed E-state index contributed by atoms with van der Waals surface area (Å²) in [7, 11) is 0. The number of carbonyl (C=O) groups is 3. The van der Waals surface area contributed by atoms with Gasteiger partial charge in [0.1, 0.15) is 18.2 Å². The predicted molar refractivity (Wildman–Crippen MR) is 135 cm³/mol. The van der Waals surface area contributed by atoms with Crippen LogP contribution in [0.1, 0.15) is 43.5 Å². The van der Waals surface area contributed by atoms with Gasteiger partial charge in [0.2, 0.25) is 5.91 Å². The van der Waals surface area contributed by atoms with Crippen molar-refractivity contribution in [2.24, 2.45) is 0 Å². The maximum atomic E-state index is 13.6. The Morgan fingerprint density at radius 2 is 1.82 bits per heavy atom. The van der Waals surface area contributed by atoms with Crippen LogP contribution >= 0.6 is 11.6 Å². The van der Waals surface area contributed by atoms with E-state index in [1.807, 2.05) is 38.1 Å². The van der Waals surface area contributed by atoms with Gasteiger partial charge in [-0.05, 0) is 51.8 Å². The minimum Gasteiger partial charge on any atom is -0.444 e. The van der Waals surface area contributed by atoms with Gasteiger partial charge >= 0.3 is 6.09 Å². The van der Waals surface area contributed by atoms with E-state index in [0.29, 0.717) is 16.3 Å². The largest absolute Gasteiger partial charge is 0.444 e. The standard InChI is InChI=1S/C26H32ClN3O4/c1-7-14-30(21(31)16-28-25(33)34-26(4,5)6)23(19-12-8-10-17(2)15-19)24(32)29-22-18(3)11-9-13-20(22)27/h7-13,15,23H,1,14,16H2,2-6H3,(H,28,33)(H,29,32). The number of carbonyl (C=O) groups excluding carboxylic acids is 3. The van der Waals surface area contributed by atoms with Crippen molar-refractivity contribution >= 4 is 35.2 Å². The summed E-state index contributed by atoms with van der Waals surface area (Å²) in [6, 6.07) is 11.7. The van der Waals surface area contributed by atoms with Crippen LogP contribution in [0.3, 0.4) is 0 Å². The quantitative estimate of drug-likeness (QED) is 0.504. The summed E-state index contributed by atoms with van der Waals surface area (Å²) < 4.78 is 5.21. The average Bonchev–Trinajstić information content (AvgIpc) is 2.73. The van der Waals surface area contributed by atoms with Crippen molar-refractivity contribution in [1.82, 2.24) is 10.2 Å². The van der Waals surface area contributed by atoms with Gasteiger partial charge < -0.3 is 20.3 Å². The van der Waals surface area contributed by atoms with Crippen LogP contribution in [0.25, 0.3) is 0 Å². The number of hydrogen-bond donors (Lipinski definition) is 2. The Kier molecular flexibility index (Phi) is 9.27. The number of alkyl carbamates (subject to hydrolysis) is 1. The highest BCUT2D eigenvalue weighted by Gasteiger charge is 2.32. The summed E-state index contributed by atoms with van der Waals surface area (Å²) in [4.78, 5) is 40.2. The number of anilines is 1. The molecule has 2 aromatic rings. The molecule has 0 aliphatic rings. The molecule has 0 aliphatic heterocycles. The summed E-state index contributed by atoms with van der Waals surface area (Å²) in [5.41, 5.74) is 2.11. The fourth-order valence-electron chi connectivity index (χ4n) is 3.35. The number of aryl methyl sites for hydroxylation is 2. The first kappa shape index (κ1) is 26.9. The second-order valence-electron chi connectivity index (χ2n) is 8.93. The number of ether oxygens (including phenoxy) is 1. The fraction of sp³-hybridized carbons (Fsp3) is 0.346. The number of amides is 3. The summed E-state index contributed by atoms with van der Waals surface area (Å²) in [6.07, 6.45) is 0.810. The predicted octanol–water partition coefficient (Wildman–Crippen LogP) is 5.18. The van der Waals surface area contributed by atoms with Gasteiger partial charge in [-0.25, -0.2) is 4.79 Å². The molecule has 3 amide bonds. The summed E-state index contributed by atoms with van der Waals surface area (Å²) in [5, 5.41) is 5.73. The molecular weight excluding hydrogens is 454 g/mol. The number of hydrogen-bond acceptors (Lipinski definition) is 4. The Bertz CT molecular complexity index is 1040. The fourth-order valence-corrected chi connectivity index (χ4v) is 3.62. The van der Waals surface area contributed by atoms with Crippen molar-refractivity contribution in [1.29, 1.82) is 0 Å². The smallest absolute Gasteiger partial charge is 0.408 e. The van der Waals surface area contributed by atoms with Crippen molar-refractivity contribution in [2.75, 3.05) is 18.4 Å². The van der Waals surface area contributed by atoms with E-state index < -0.39 is 29.6 Å². The van der Waals surface area contributed by atoms with E-state index in [9.17, 15) is 14.4 Å². The van der Waals surface area contributed by atoms with Gasteiger partial charge in [0.15, 0.2) is 0 Å². The molecule has 0 saturated carbocycles. The molecular formula is C26H32ClN3O4. The van der Waals surface area contributed by atoms with E-state index in [1.165, 1.54) is 11.0 Å². The molecule has 0 aromatic heterocycles. The number of rotatable bonds is 8. The third-order valence-corrected chi connectivity index (χ3v) is 5.13. The van der Waals surface area contributed by atoms with Crippen molar-refractivity contribution in [3.63, 3.8) is 0 Å². The zero-order valence-electron chi connectivity index (χ0n) is 20.3. The molecule has 0 aliphatic carbocycles. The van der Waals surface area contributed by atoms with E-state index in [1.54, 1.807) is 39.0 Å². The van der Waals surface area contributed by atoms with Crippen LogP contribution in [0.4, 0.5) is 10.5 Å². The Hall–Kier alpha value is -3.32. The Morgan fingerprint density at radius 1 is 1.15 bits per heavy atom. The van der Waals surface area contributed by atoms with E-state index >= 15 is 0 Å². The highest BCUT2D eigenvalue weighted by atomic mass is 35.5. The highest BCUT2D eigenvalue weighted by molar-refractivity contribution is 6.34. The Balaban J connectivity index is 2.38. The molecule has 0 saturated heterocycles. The Labute approximate surface area is 206 Å². The van der Waals surface area contributed by atoms with Gasteiger partial charge in [0.25, 0.3) is 5.91 Å². The van der Waals surface area contributed by atoms with Crippen molar-refractivity contribution < 1.29 is 19.1 Å². The molecule has 7 nitrogen and oxygen atoms in total. The molecule has 8 heteroatoms. The van der Waals surface area contributed by atoms with Gasteiger partial charge in [-0.15, -0.1) is 6.58 Å². The van der Waals surface area contributed by atoms with E-state index in [-0.39, 0.29) is 13.1 Å². The number of nitrogens with zero attached hydrogens (tertiary/aromatic N) is 1. The van der Waals surface area contributed by atoms with Crippen molar-refractivity contribution in [3.05, 3.63) is 76.8 Å². The first-order chi connectivity index (χ1) is 15.9. The maximum absolute atomic E-state index is 13.6. The minimum absolute atomic E-state index is 0.0857. The van der Waals surface area contributed by atoms with Crippen LogP contribution in [0, 0.1) is 13.8 Å². The zero-order valence-corrected chi connectivity index (χ0v) is 21.0. The molecule has 0 spiro atoms. The van der Waals surface area contributed by atoms with E-state index in [4.69, 9.17) is 16.3 Å². The zero-order chi connectivity index (χ0) is 25.5. The van der Waals surface area contributed by atoms with Crippen LogP contribution < -0.4 is 10.6 Å². The molecule has 0 bridgehead atoms. The molecule has 182 valence electrons. The number of para-hydroxylation sites is 1. The topological polar surface area (TPSA) is 87.7 Å². The molecule has 2 aromatic carbocycles. The van der Waals surface area contributed by atoms with Gasteiger partial charge in [-0.3, -0.25) is 9.59 Å². The van der Waals surface area contributed by atoms with Crippen LogP contribution in [0.2, 0.25) is 5.02 Å². The van der Waals surface area contributed by atoms with Crippen LogP contribution in [0.15, 0.2) is 55.1 Å². The van der Waals surface area contributed by atoms with Crippen molar-refractivity contribution in [3.8, 4) is 0 Å². The lowest BCUT2D eigenvalue weighted by atomic mass is 10.0. The molecule has 2 N–H and O–H groups in total. The van der Waals surface area contributed by atoms with Crippen LogP contribution in [-0.4, -0.2) is 41.5 Å². The van der Waals surface area contributed by atoms with Gasteiger partial charge in [-0.1, -0.05) is 59.6 Å². The molecule has 2 rings (SSSR count). The second-order valence-corrected chi connectivity index (χ2v) is 9.34. The SMILES string of the molecule is C=CCN(C(=O)CNC(=O)OC(C)(C)C)C(C(=O)Nc1c(C)cccc1Cl)c1cccc(C)c1. The molecule has 1 unspecified atom stereocenters. The second kappa shape index (κ2) is 11.7. The maximum Gasteiger partial charge on any atom is 0.408 e. The van der Waals surface area contributed by atoms with Crippen LogP contribution in [-0.2, 0) is 14.3 Å². The number of halogens is 1. The first-order valence-corrected chi connectivity index (χ1v) is 11.3. The third-order valence-electron chi connectivity index (χ3n) is 4.82. The van der Waals surface area contributed by atoms with Gasteiger partial charge in [0.05, 0.1) is 10.7 Å². The van der Waals surface area contributed by atoms with E-state index in [0.717, 1.165) is 11.1 Å². The average molecular weight is 486 g/mol. The number of benzene rings is 2. The van der Waals surface area contributed by atoms with E-state index in [2.05, 4.69) is 17.2 Å². The molecule has 0 heterocycles. The third kappa shape index (κ3) is 7.63. The summed E-state index contributed by atoms with van der Waals surface area (Å²) in [5.74, 6) is -0.905. The molecule has 0 fully saturated rings. The highest BCUT2D eigenvalue weighted by Crippen LogP contribution is 2.29. The lowest BCUT2D eigenvalue weighted by Crippen LogP contribution is -2.46. The lowest BCUT2D eigenvalue weighted by molar-refractivity contribution is -0.137.